The number of pyridine rings is 5. The van der Waals surface area contributed by atoms with Gasteiger partial charge in [0.25, 0.3) is 0 Å². The van der Waals surface area contributed by atoms with Crippen molar-refractivity contribution in [1.82, 2.24) is 64.0 Å². The Morgan fingerprint density at radius 2 is 0.882 bits per heavy atom. The van der Waals surface area contributed by atoms with Crippen molar-refractivity contribution in [2.75, 3.05) is 6.61 Å². The largest absolute Gasteiger partial charge is 0.507 e. The molecule has 0 radical (unpaired) electrons. The molecule has 0 saturated heterocycles. The zero-order valence-electron chi connectivity index (χ0n) is 67.9. The monoisotopic (exact) mass is 1620 g/mol. The van der Waals surface area contributed by atoms with E-state index in [1.165, 1.54) is 67.4 Å². The molecule has 0 aliphatic carbocycles. The van der Waals surface area contributed by atoms with Gasteiger partial charge in [0.2, 0.25) is 0 Å². The first-order chi connectivity index (χ1) is 55.0. The van der Waals surface area contributed by atoms with Gasteiger partial charge in [0, 0.05) is 105 Å². The topological polar surface area (TPSA) is 384 Å². The second-order valence-corrected chi connectivity index (χ2v) is 24.5. The SMILES string of the molecule is CC(C)COC(=O)Cl.CC(C)n1nccc1B(O)O.O=C(O)c1c(F)ccnc1Cl.O=Cc1c(O)cccc1O.[2H]C([2H])(Cl)c1c(F)ccnc1-c1ccnn1C(C)C.[2H]C([2H])(O)c1c(F)ccnc1-c1ccnn1C(C)C.[2H]C([2H])(O)c1c(F)ccnc1Cl.[2H]C([2H])(Oc1cccc(O)c1C=O)c1c(F)ccnc1-c1ccnn1C(C)C. The molecule has 0 aliphatic heterocycles. The quantitative estimate of drug-likeness (QED) is 0.00931. The van der Waals surface area contributed by atoms with E-state index in [0.717, 1.165) is 42.7 Å². The zero-order valence-corrected chi connectivity index (χ0v) is 62.9. The van der Waals surface area contributed by atoms with E-state index in [4.69, 9.17) is 92.6 Å². The highest BCUT2D eigenvalue weighted by atomic mass is 35.5. The van der Waals surface area contributed by atoms with Crippen LogP contribution in [0.2, 0.25) is 10.3 Å². The summed E-state index contributed by atoms with van der Waals surface area (Å²) in [4.78, 5) is 60.6. The highest BCUT2D eigenvalue weighted by Gasteiger charge is 2.22. The zero-order chi connectivity index (χ0) is 89.2. The van der Waals surface area contributed by atoms with Crippen LogP contribution in [0.25, 0.3) is 34.2 Å². The van der Waals surface area contributed by atoms with Crippen LogP contribution in [0.5, 0.6) is 23.0 Å². The summed E-state index contributed by atoms with van der Waals surface area (Å²) in [6.45, 7) is 11.2. The van der Waals surface area contributed by atoms with Gasteiger partial charge in [-0.2, -0.15) is 20.4 Å². The third kappa shape index (κ3) is 26.8. The van der Waals surface area contributed by atoms with Crippen LogP contribution in [0.4, 0.5) is 26.7 Å². The maximum absolute atomic E-state index is 14.7. The first-order valence-electron chi connectivity index (χ1n) is 36.1. The van der Waals surface area contributed by atoms with Crippen molar-refractivity contribution < 1.29 is 102 Å². The molecule has 27 nitrogen and oxygen atoms in total. The standard InChI is InChI=1S/C19H18FN3O3.C12H13ClFN3.C12H14FN3O.C7H6O3.C6H11BN2O2.C6H3ClFNO2.C6H5ClFNO.C5H9ClO2/c1-12(2)23-16(7-9-22-23)19-14(15(20)6-8-21-19)11-26-18-5-3-4-17(25)13(18)10-24;1-8(2)17-11(4-6-16-17)12-9(7-13)10(14)3-5-15-12;1-8(2)16-11(4-6-15-16)12-9(7-17)10(13)3-5-14-12;8-4-5-6(9)2-1-3-7(5)10;1-5(2)9-6(7(10)11)3-4-8-9;7-5-4(6(10)11)3(8)1-2-9-5;7-6-4(3-10)5(8)1-2-9-6;1-4(2)3-8-5(6)7/h3-10,12,25H,11H2,1-2H3;3-6,8H,7H2,1-2H3;3-6,8,17H,7H2,1-2H3;1-4,9-10H;3-5,10-11H,1-2H3;1-2H,(H,10,11);1-2,10H,3H2;4H,3H2,1-2H3/i11D2;2*7D2;;;;3D2;. The van der Waals surface area contributed by atoms with E-state index in [1.54, 1.807) is 55.4 Å². The Kier molecular flexibility index (Phi) is 32.9. The Labute approximate surface area is 660 Å². The number of phenols is 3. The lowest BCUT2D eigenvalue weighted by atomic mass is 9.86. The minimum absolute atomic E-state index is 0.00692. The first kappa shape index (κ1) is 78.8. The van der Waals surface area contributed by atoms with Crippen molar-refractivity contribution in [3.8, 4) is 57.2 Å². The Bertz CT molecular complexity index is 4970. The maximum atomic E-state index is 14.7. The molecule has 0 amide bonds. The van der Waals surface area contributed by atoms with Crippen LogP contribution in [0, 0.1) is 35.0 Å². The number of benzene rings is 2. The molecular formula is C73H79BCl4F5N13O14. The van der Waals surface area contributed by atoms with Gasteiger partial charge >= 0.3 is 18.5 Å². The summed E-state index contributed by atoms with van der Waals surface area (Å²) < 4.78 is 144. The van der Waals surface area contributed by atoms with Crippen LogP contribution in [0.3, 0.4) is 0 Å². The molecule has 0 spiro atoms. The third-order valence-electron chi connectivity index (χ3n) is 13.7. The van der Waals surface area contributed by atoms with E-state index < -0.39 is 95.4 Å². The molecule has 0 fully saturated rings. The summed E-state index contributed by atoms with van der Waals surface area (Å²) in [7, 11) is -1.43. The van der Waals surface area contributed by atoms with Gasteiger partial charge in [0.15, 0.2) is 12.6 Å². The van der Waals surface area contributed by atoms with E-state index in [1.807, 2.05) is 69.2 Å². The number of hydrogen-bond donors (Lipinski definition) is 8. The van der Waals surface area contributed by atoms with Gasteiger partial charge in [-0.15, -0.1) is 11.6 Å². The van der Waals surface area contributed by atoms with Crippen molar-refractivity contribution in [3.05, 3.63) is 225 Å². The van der Waals surface area contributed by atoms with Crippen molar-refractivity contribution in [1.29, 1.82) is 0 Å². The number of phenolic OH excluding ortho intramolecular Hbond substituents is 3. The summed E-state index contributed by atoms with van der Waals surface area (Å²) in [6.07, 6.45) is 12.8. The number of ether oxygens (including phenoxy) is 2. The lowest BCUT2D eigenvalue weighted by Crippen LogP contribution is -2.37. The molecule has 11 aromatic rings. The van der Waals surface area contributed by atoms with E-state index in [2.05, 4.69) is 50.1 Å². The number of aromatic nitrogens is 13. The van der Waals surface area contributed by atoms with E-state index >= 15 is 0 Å². The highest BCUT2D eigenvalue weighted by molar-refractivity contribution is 6.61. The van der Waals surface area contributed by atoms with Gasteiger partial charge in [-0.1, -0.05) is 49.2 Å². The maximum Gasteiger partial charge on any atom is 0.507 e. The number of carbonyl (C=O) groups is 4. The average molecular weight is 1620 g/mol. The molecule has 9 aromatic heterocycles. The first-order valence-corrected chi connectivity index (χ1v) is 33.7. The number of aromatic hydroxyl groups is 3. The number of aliphatic hydroxyl groups is 2. The van der Waals surface area contributed by atoms with Crippen LogP contribution in [0.15, 0.2) is 147 Å². The summed E-state index contributed by atoms with van der Waals surface area (Å²) in [5.74, 6) is -8.59. The number of alkyl halides is 1. The number of aldehydes is 2. The Balaban J connectivity index is 0.000000293. The summed E-state index contributed by atoms with van der Waals surface area (Å²) in [6, 6.07) is 19.7. The van der Waals surface area contributed by atoms with Crippen LogP contribution in [-0.4, -0.2) is 142 Å². The van der Waals surface area contributed by atoms with Gasteiger partial charge in [0.05, 0.1) is 95.8 Å². The molecule has 0 atom stereocenters. The van der Waals surface area contributed by atoms with Gasteiger partial charge in [-0.25, -0.2) is 41.5 Å². The van der Waals surface area contributed by atoms with Crippen LogP contribution < -0.4 is 10.3 Å². The van der Waals surface area contributed by atoms with Gasteiger partial charge in [-0.3, -0.25) is 43.3 Å². The summed E-state index contributed by atoms with van der Waals surface area (Å²) >= 11 is 21.2. The van der Waals surface area contributed by atoms with Gasteiger partial charge in [-0.05, 0) is 140 Å². The fraction of sp³-hybridized carbons (Fsp3) is 0.274. The minimum Gasteiger partial charge on any atom is -0.507 e. The second kappa shape index (κ2) is 45.9. The molecular weight excluding hydrogens is 1530 g/mol. The Hall–Kier alpha value is -10.8. The van der Waals surface area contributed by atoms with Crippen molar-refractivity contribution >= 4 is 83.1 Å². The molecule has 110 heavy (non-hydrogen) atoms. The lowest BCUT2D eigenvalue weighted by Gasteiger charge is -2.15. The number of carboxylic acid groups (broad SMARTS) is 1. The second-order valence-electron chi connectivity index (χ2n) is 23.3. The van der Waals surface area contributed by atoms with E-state index in [0.29, 0.717) is 47.8 Å². The number of halogens is 9. The number of nitrogens with zero attached hydrogens (tertiary/aromatic N) is 13. The lowest BCUT2D eigenvalue weighted by molar-refractivity contribution is 0.0691. The number of rotatable bonds is 19. The third-order valence-corrected chi connectivity index (χ3v) is 14.6. The van der Waals surface area contributed by atoms with Crippen LogP contribution in [-0.2, 0) is 30.2 Å². The molecule has 586 valence electrons. The fourth-order valence-corrected chi connectivity index (χ4v) is 9.41. The highest BCUT2D eigenvalue weighted by Crippen LogP contribution is 2.32. The number of carbonyl (C=O) groups excluding carboxylic acids is 3. The summed E-state index contributed by atoms with van der Waals surface area (Å²) in [5.41, 5.74) is -1.31. The number of aromatic carboxylic acids is 1. The van der Waals surface area contributed by atoms with Crippen molar-refractivity contribution in [2.24, 2.45) is 5.92 Å². The minimum atomic E-state index is -2.81. The molecule has 0 saturated carbocycles. The molecule has 0 aliphatic rings. The molecule has 9 heterocycles. The fourth-order valence-electron chi connectivity index (χ4n) is 8.75. The average Bonchev–Trinajstić information content (AvgIpc) is 1.88. The predicted octanol–water partition coefficient (Wildman–Crippen LogP) is 14.3. The smallest absolute Gasteiger partial charge is 0.507 e. The molecule has 0 unspecified atom stereocenters. The molecule has 8 N–H and O–H groups in total. The van der Waals surface area contributed by atoms with Gasteiger partial charge in [0.1, 0.15) is 74.5 Å². The van der Waals surface area contributed by atoms with Gasteiger partial charge < -0.3 is 50.2 Å². The van der Waals surface area contributed by atoms with Crippen molar-refractivity contribution in [2.45, 2.75) is 119 Å². The molecule has 0 bridgehead atoms. The molecule has 11 rings (SSSR count). The number of hydrogen-bond acceptors (Lipinski definition) is 22. The van der Waals surface area contributed by atoms with E-state index in [-0.39, 0.29) is 91.2 Å². The van der Waals surface area contributed by atoms with Crippen LogP contribution in [0.1, 0.15) is 158 Å². The molecule has 2 aromatic carbocycles. The summed E-state index contributed by atoms with van der Waals surface area (Å²) in [5, 5.41) is 87.6. The number of carboxylic acids is 1. The Morgan fingerprint density at radius 3 is 1.23 bits per heavy atom. The normalized spacial score (nSPS) is 12.1. The predicted molar refractivity (Wildman–Crippen MR) is 402 cm³/mol. The van der Waals surface area contributed by atoms with Crippen molar-refractivity contribution in [3.63, 3.8) is 0 Å². The van der Waals surface area contributed by atoms with Crippen LogP contribution >= 0.6 is 46.4 Å². The van der Waals surface area contributed by atoms with E-state index in [9.17, 15) is 51.3 Å². The Morgan fingerprint density at radius 1 is 0.509 bits per heavy atom. The molecule has 37 heteroatoms.